The monoisotopic (exact) mass is 398 g/mol. The van der Waals surface area contributed by atoms with Crippen molar-refractivity contribution in [1.29, 1.82) is 0 Å². The van der Waals surface area contributed by atoms with Crippen LogP contribution in [0.15, 0.2) is 35.9 Å². The molecule has 0 spiro atoms. The van der Waals surface area contributed by atoms with Crippen LogP contribution >= 0.6 is 0 Å². The first-order valence-electron chi connectivity index (χ1n) is 11.1. The summed E-state index contributed by atoms with van der Waals surface area (Å²) in [7, 11) is 1.42. The lowest BCUT2D eigenvalue weighted by atomic mass is 9.73. The number of aliphatic hydroxyl groups excluding tert-OH is 1. The Bertz CT molecular complexity index is 736. The highest BCUT2D eigenvalue weighted by molar-refractivity contribution is 5.82. The van der Waals surface area contributed by atoms with Crippen molar-refractivity contribution in [3.63, 3.8) is 0 Å². The fourth-order valence-corrected chi connectivity index (χ4v) is 4.85. The van der Waals surface area contributed by atoms with Crippen LogP contribution < -0.4 is 0 Å². The molecule has 3 atom stereocenters. The number of methoxy groups -OCH3 is 1. The Morgan fingerprint density at radius 1 is 1.14 bits per heavy atom. The summed E-state index contributed by atoms with van der Waals surface area (Å²) in [6, 6.07) is 8.29. The number of aliphatic hydroxyl groups is 1. The van der Waals surface area contributed by atoms with Crippen molar-refractivity contribution in [3.8, 4) is 0 Å². The van der Waals surface area contributed by atoms with Gasteiger partial charge in [0.15, 0.2) is 0 Å². The summed E-state index contributed by atoms with van der Waals surface area (Å²) < 4.78 is 4.74. The van der Waals surface area contributed by atoms with E-state index >= 15 is 0 Å². The highest BCUT2D eigenvalue weighted by Crippen LogP contribution is 2.35. The van der Waals surface area contributed by atoms with Gasteiger partial charge in [0.25, 0.3) is 0 Å². The highest BCUT2D eigenvalue weighted by atomic mass is 16.5. The number of carbonyl (C=O) groups excluding carboxylic acids is 2. The maximum atomic E-state index is 12.8. The van der Waals surface area contributed by atoms with E-state index in [1.807, 2.05) is 12.1 Å². The normalized spacial score (nSPS) is 26.5. The molecule has 0 bridgehead atoms. The standard InChI is InChI=1S/C25H34O4/c1-29-25(28)15-7-11-18-8-2-3-9-19(18)17-22-20(12-6-14-24(22)27)16-21-10-4-5-13-23(21)26/h2-3,8-9,16,20,22-23,26H,4-7,10-15,17H2,1H3/t20-,22?,23-/m0/s1. The Kier molecular flexibility index (Phi) is 8.05. The number of hydrogen-bond donors (Lipinski definition) is 1. The molecule has 0 heterocycles. The van der Waals surface area contributed by atoms with Gasteiger partial charge >= 0.3 is 5.97 Å². The second-order valence-corrected chi connectivity index (χ2v) is 8.53. The van der Waals surface area contributed by atoms with Crippen molar-refractivity contribution in [2.45, 2.75) is 76.7 Å². The van der Waals surface area contributed by atoms with Crippen molar-refractivity contribution in [1.82, 2.24) is 0 Å². The fraction of sp³-hybridized carbons (Fsp3) is 0.600. The van der Waals surface area contributed by atoms with Crippen LogP contribution in [0.4, 0.5) is 0 Å². The predicted octanol–water partition coefficient (Wildman–Crippen LogP) is 4.57. The molecule has 0 aliphatic heterocycles. The summed E-state index contributed by atoms with van der Waals surface area (Å²) in [6.07, 6.45) is 11.3. The summed E-state index contributed by atoms with van der Waals surface area (Å²) in [6.45, 7) is 0. The molecule has 158 valence electrons. The Morgan fingerprint density at radius 3 is 2.69 bits per heavy atom. The lowest BCUT2D eigenvalue weighted by Gasteiger charge is -2.31. The average molecular weight is 399 g/mol. The third-order valence-electron chi connectivity index (χ3n) is 6.55. The molecule has 1 aromatic rings. The maximum Gasteiger partial charge on any atom is 0.305 e. The van der Waals surface area contributed by atoms with Crippen LogP contribution in [0.25, 0.3) is 0 Å². The van der Waals surface area contributed by atoms with Crippen molar-refractivity contribution >= 4 is 11.8 Å². The number of esters is 1. The zero-order chi connectivity index (χ0) is 20.6. The second-order valence-electron chi connectivity index (χ2n) is 8.53. The van der Waals surface area contributed by atoms with Gasteiger partial charge in [-0.3, -0.25) is 9.59 Å². The molecule has 2 fully saturated rings. The molecule has 1 unspecified atom stereocenters. The molecule has 1 aromatic carbocycles. The van der Waals surface area contributed by atoms with Gasteiger partial charge in [-0.1, -0.05) is 36.8 Å². The van der Waals surface area contributed by atoms with Crippen molar-refractivity contribution in [2.24, 2.45) is 11.8 Å². The van der Waals surface area contributed by atoms with Gasteiger partial charge in [-0.2, -0.15) is 0 Å². The fourth-order valence-electron chi connectivity index (χ4n) is 4.85. The minimum Gasteiger partial charge on any atom is -0.469 e. The zero-order valence-electron chi connectivity index (χ0n) is 17.6. The summed E-state index contributed by atoms with van der Waals surface area (Å²) in [5.74, 6) is 0.393. The zero-order valence-corrected chi connectivity index (χ0v) is 17.6. The molecule has 0 aromatic heterocycles. The third-order valence-corrected chi connectivity index (χ3v) is 6.55. The van der Waals surface area contributed by atoms with Crippen LogP contribution in [0, 0.1) is 11.8 Å². The molecule has 0 radical (unpaired) electrons. The molecule has 2 saturated carbocycles. The molecule has 0 amide bonds. The smallest absolute Gasteiger partial charge is 0.305 e. The van der Waals surface area contributed by atoms with E-state index in [1.54, 1.807) is 0 Å². The number of Topliss-reactive ketones (excluding diaryl/α,β-unsaturated/α-hetero) is 1. The van der Waals surface area contributed by atoms with Crippen LogP contribution in [-0.4, -0.2) is 30.1 Å². The number of rotatable bonds is 7. The first-order chi connectivity index (χ1) is 14.1. The number of allylic oxidation sites excluding steroid dienone is 1. The van der Waals surface area contributed by atoms with Crippen LogP contribution in [0.5, 0.6) is 0 Å². The van der Waals surface area contributed by atoms with E-state index in [9.17, 15) is 14.7 Å². The molecule has 4 nitrogen and oxygen atoms in total. The summed E-state index contributed by atoms with van der Waals surface area (Å²) >= 11 is 0. The van der Waals surface area contributed by atoms with Gasteiger partial charge in [-0.15, -0.1) is 0 Å². The molecule has 1 N–H and O–H groups in total. The molecule has 0 saturated heterocycles. The van der Waals surface area contributed by atoms with E-state index in [-0.39, 0.29) is 23.9 Å². The van der Waals surface area contributed by atoms with E-state index in [2.05, 4.69) is 18.2 Å². The topological polar surface area (TPSA) is 63.6 Å². The van der Waals surface area contributed by atoms with Gasteiger partial charge in [-0.25, -0.2) is 0 Å². The minimum absolute atomic E-state index is 0.00728. The Hall–Kier alpha value is -1.94. The van der Waals surface area contributed by atoms with Gasteiger partial charge in [0, 0.05) is 18.8 Å². The summed E-state index contributed by atoms with van der Waals surface area (Å²) in [5.41, 5.74) is 3.58. The van der Waals surface area contributed by atoms with E-state index in [1.165, 1.54) is 18.2 Å². The Morgan fingerprint density at radius 2 is 1.93 bits per heavy atom. The molecule has 2 aliphatic carbocycles. The van der Waals surface area contributed by atoms with Crippen molar-refractivity contribution in [3.05, 3.63) is 47.0 Å². The maximum absolute atomic E-state index is 12.8. The number of ether oxygens (including phenoxy) is 1. The molecular weight excluding hydrogens is 364 g/mol. The molecule has 2 aliphatic rings. The minimum atomic E-state index is -0.327. The summed E-state index contributed by atoms with van der Waals surface area (Å²) in [4.78, 5) is 24.2. The van der Waals surface area contributed by atoms with Crippen LogP contribution in [-0.2, 0) is 27.2 Å². The van der Waals surface area contributed by atoms with E-state index in [0.717, 1.165) is 63.4 Å². The quantitative estimate of drug-likeness (QED) is 0.540. The van der Waals surface area contributed by atoms with Crippen LogP contribution in [0.2, 0.25) is 0 Å². The van der Waals surface area contributed by atoms with Gasteiger partial charge < -0.3 is 9.84 Å². The van der Waals surface area contributed by atoms with Gasteiger partial charge in [0.2, 0.25) is 0 Å². The average Bonchev–Trinajstić information content (AvgIpc) is 2.73. The van der Waals surface area contributed by atoms with Gasteiger partial charge in [-0.05, 0) is 74.0 Å². The van der Waals surface area contributed by atoms with Gasteiger partial charge in [0.05, 0.1) is 13.2 Å². The largest absolute Gasteiger partial charge is 0.469 e. The first kappa shape index (κ1) is 21.8. The molecule has 29 heavy (non-hydrogen) atoms. The van der Waals surface area contributed by atoms with Crippen molar-refractivity contribution in [2.75, 3.05) is 7.11 Å². The summed E-state index contributed by atoms with van der Waals surface area (Å²) in [5, 5.41) is 10.4. The van der Waals surface area contributed by atoms with E-state index < -0.39 is 0 Å². The molecular formula is C25H34O4. The first-order valence-corrected chi connectivity index (χ1v) is 11.1. The second kappa shape index (κ2) is 10.7. The van der Waals surface area contributed by atoms with Crippen LogP contribution in [0.3, 0.4) is 0 Å². The molecule has 4 heteroatoms. The molecule has 3 rings (SSSR count). The number of benzene rings is 1. The lowest BCUT2D eigenvalue weighted by Crippen LogP contribution is -2.30. The Labute approximate surface area is 174 Å². The van der Waals surface area contributed by atoms with Crippen LogP contribution in [0.1, 0.15) is 68.9 Å². The lowest BCUT2D eigenvalue weighted by molar-refractivity contribution is -0.140. The van der Waals surface area contributed by atoms with Gasteiger partial charge in [0.1, 0.15) is 5.78 Å². The number of ketones is 1. The number of carbonyl (C=O) groups is 2. The number of hydrogen-bond acceptors (Lipinski definition) is 4. The van der Waals surface area contributed by atoms with E-state index in [0.29, 0.717) is 18.6 Å². The third kappa shape index (κ3) is 6.02. The van der Waals surface area contributed by atoms with E-state index in [4.69, 9.17) is 4.74 Å². The Balaban J connectivity index is 1.73. The SMILES string of the molecule is COC(=O)CCCc1ccccc1CC1C(=O)CCC[C@H]1C=C1CCCC[C@@H]1O. The van der Waals surface area contributed by atoms with Crippen molar-refractivity contribution < 1.29 is 19.4 Å². The highest BCUT2D eigenvalue weighted by Gasteiger charge is 2.32. The number of aryl methyl sites for hydroxylation is 1. The predicted molar refractivity (Wildman–Crippen MR) is 113 cm³/mol.